The number of fused-ring (bicyclic) bond motifs is 3. The quantitative estimate of drug-likeness (QED) is 0.648. The van der Waals surface area contributed by atoms with Crippen LogP contribution in [-0.2, 0) is 11.3 Å². The van der Waals surface area contributed by atoms with Crippen LogP contribution in [0, 0.1) is 4.77 Å². The number of hydrogen-bond donors (Lipinski definition) is 2. The van der Waals surface area contributed by atoms with Crippen molar-refractivity contribution in [1.82, 2.24) is 14.9 Å². The van der Waals surface area contributed by atoms with Crippen molar-refractivity contribution in [2.45, 2.75) is 19.0 Å². The molecule has 2 aromatic carbocycles. The van der Waals surface area contributed by atoms with Gasteiger partial charge in [0.2, 0.25) is 10.7 Å². The second-order valence-corrected chi connectivity index (χ2v) is 6.79. The molecule has 142 valence electrons. The normalized spacial score (nSPS) is 15.2. The molecule has 0 spiro atoms. The van der Waals surface area contributed by atoms with Crippen LogP contribution in [0.2, 0.25) is 0 Å². The summed E-state index contributed by atoms with van der Waals surface area (Å²) in [5.41, 5.74) is 1.57. The molecule has 0 radical (unpaired) electrons. The van der Waals surface area contributed by atoms with Crippen LogP contribution in [0.4, 0.5) is 5.82 Å². The fourth-order valence-corrected chi connectivity index (χ4v) is 3.59. The number of benzene rings is 2. The highest BCUT2D eigenvalue weighted by Crippen LogP contribution is 2.28. The molecule has 1 aliphatic heterocycles. The first-order chi connectivity index (χ1) is 13.6. The molecule has 1 amide bonds. The van der Waals surface area contributed by atoms with E-state index < -0.39 is 6.04 Å². The maximum atomic E-state index is 12.8. The fourth-order valence-electron chi connectivity index (χ4n) is 3.31. The van der Waals surface area contributed by atoms with Gasteiger partial charge in [0.15, 0.2) is 0 Å². The first-order valence-electron chi connectivity index (χ1n) is 8.79. The van der Waals surface area contributed by atoms with E-state index in [1.165, 1.54) is 4.57 Å². The van der Waals surface area contributed by atoms with E-state index in [1.54, 1.807) is 7.11 Å². The number of hydrogen-bond acceptors (Lipinski definition) is 6. The van der Waals surface area contributed by atoms with Gasteiger partial charge < -0.3 is 15.4 Å². The van der Waals surface area contributed by atoms with Crippen molar-refractivity contribution in [2.75, 3.05) is 12.4 Å². The molecule has 8 heteroatoms. The van der Waals surface area contributed by atoms with E-state index in [1.807, 2.05) is 48.5 Å². The highest BCUT2D eigenvalue weighted by Gasteiger charge is 2.33. The van der Waals surface area contributed by atoms with Crippen molar-refractivity contribution in [1.29, 1.82) is 0 Å². The Morgan fingerprint density at radius 3 is 2.82 bits per heavy atom. The molecular weight excluding hydrogens is 376 g/mol. The maximum absolute atomic E-state index is 12.8. The van der Waals surface area contributed by atoms with E-state index in [0.29, 0.717) is 23.6 Å². The van der Waals surface area contributed by atoms with Crippen LogP contribution in [0.15, 0.2) is 48.5 Å². The smallest absolute Gasteiger partial charge is 0.257 e. The topological polar surface area (TPSA) is 85.2 Å². The van der Waals surface area contributed by atoms with Crippen molar-refractivity contribution in [2.24, 2.45) is 0 Å². The molecule has 4 rings (SSSR count). The molecule has 0 saturated carbocycles. The van der Waals surface area contributed by atoms with Crippen molar-refractivity contribution in [3.05, 3.63) is 58.9 Å². The summed E-state index contributed by atoms with van der Waals surface area (Å²) in [6, 6.07) is 14.2. The SMILES string of the molecule is COc1ccccc1CNC(=O)C[C@@H]1Nc2c3ccccc3nc(=S)n2C1=O. The predicted octanol–water partition coefficient (Wildman–Crippen LogP) is 2.92. The van der Waals surface area contributed by atoms with Gasteiger partial charge in [-0.1, -0.05) is 30.3 Å². The Morgan fingerprint density at radius 2 is 2.00 bits per heavy atom. The zero-order valence-corrected chi connectivity index (χ0v) is 16.0. The van der Waals surface area contributed by atoms with E-state index in [2.05, 4.69) is 15.6 Å². The third-order valence-electron chi connectivity index (χ3n) is 4.68. The lowest BCUT2D eigenvalue weighted by atomic mass is 10.1. The Balaban J connectivity index is 1.49. The predicted molar refractivity (Wildman–Crippen MR) is 108 cm³/mol. The number of para-hydroxylation sites is 2. The minimum atomic E-state index is -0.688. The minimum absolute atomic E-state index is 0.00123. The van der Waals surface area contributed by atoms with Gasteiger partial charge in [0, 0.05) is 17.5 Å². The van der Waals surface area contributed by atoms with Crippen LogP contribution in [0.1, 0.15) is 16.8 Å². The second-order valence-electron chi connectivity index (χ2n) is 6.42. The first-order valence-corrected chi connectivity index (χ1v) is 9.20. The van der Waals surface area contributed by atoms with E-state index in [-0.39, 0.29) is 23.0 Å². The van der Waals surface area contributed by atoms with Gasteiger partial charge in [-0.25, -0.2) is 9.55 Å². The summed E-state index contributed by atoms with van der Waals surface area (Å²) in [5, 5.41) is 6.77. The maximum Gasteiger partial charge on any atom is 0.257 e. The zero-order valence-electron chi connectivity index (χ0n) is 15.1. The number of carbonyl (C=O) groups is 2. The highest BCUT2D eigenvalue weighted by atomic mass is 32.1. The summed E-state index contributed by atoms with van der Waals surface area (Å²) in [5.74, 6) is 0.774. The molecule has 0 saturated heterocycles. The van der Waals surface area contributed by atoms with Gasteiger partial charge in [0.05, 0.1) is 19.0 Å². The monoisotopic (exact) mass is 394 g/mol. The Kier molecular flexibility index (Phi) is 4.79. The minimum Gasteiger partial charge on any atom is -0.496 e. The number of carbonyl (C=O) groups excluding carboxylic acids is 2. The van der Waals surface area contributed by atoms with Crippen molar-refractivity contribution >= 4 is 40.8 Å². The summed E-state index contributed by atoms with van der Waals surface area (Å²) in [4.78, 5) is 29.5. The summed E-state index contributed by atoms with van der Waals surface area (Å²) in [6.45, 7) is 0.320. The van der Waals surface area contributed by atoms with E-state index >= 15 is 0 Å². The Bertz CT molecular complexity index is 1140. The molecule has 1 aliphatic rings. The molecule has 1 aromatic heterocycles. The number of anilines is 1. The van der Waals surface area contributed by atoms with Gasteiger partial charge in [-0.3, -0.25) is 9.59 Å². The van der Waals surface area contributed by atoms with Crippen LogP contribution >= 0.6 is 12.2 Å². The fraction of sp³-hybridized carbons (Fsp3) is 0.200. The summed E-state index contributed by atoms with van der Waals surface area (Å²) < 4.78 is 6.84. The average Bonchev–Trinajstić information content (AvgIpc) is 3.03. The third kappa shape index (κ3) is 3.22. The number of rotatable bonds is 5. The lowest BCUT2D eigenvalue weighted by Crippen LogP contribution is -2.33. The standard InChI is InChI=1S/C20H18N4O3S/c1-27-16-9-5-2-6-12(16)11-21-17(25)10-15-19(26)24-18(22-15)13-7-3-4-8-14(13)23-20(24)28/h2-9,15,22H,10-11H2,1H3,(H,21,25)/t15-/m0/s1. The van der Waals surface area contributed by atoms with E-state index in [0.717, 1.165) is 10.9 Å². The Hall–Kier alpha value is -3.26. The molecule has 0 aliphatic carbocycles. The third-order valence-corrected chi connectivity index (χ3v) is 4.95. The van der Waals surface area contributed by atoms with E-state index in [4.69, 9.17) is 17.0 Å². The number of ether oxygens (including phenoxy) is 1. The number of aromatic nitrogens is 2. The molecule has 0 bridgehead atoms. The second kappa shape index (κ2) is 7.40. The molecule has 7 nitrogen and oxygen atoms in total. The van der Waals surface area contributed by atoms with Crippen LogP contribution < -0.4 is 15.4 Å². The van der Waals surface area contributed by atoms with Gasteiger partial charge in [-0.15, -0.1) is 0 Å². The molecule has 0 unspecified atom stereocenters. The molecule has 2 N–H and O–H groups in total. The molecule has 3 aromatic rings. The van der Waals surface area contributed by atoms with Gasteiger partial charge in [-0.05, 0) is 30.4 Å². The Morgan fingerprint density at radius 1 is 1.25 bits per heavy atom. The van der Waals surface area contributed by atoms with Crippen LogP contribution in [0.25, 0.3) is 10.9 Å². The lowest BCUT2D eigenvalue weighted by molar-refractivity contribution is -0.121. The van der Waals surface area contributed by atoms with E-state index in [9.17, 15) is 9.59 Å². The van der Waals surface area contributed by atoms with Crippen molar-refractivity contribution < 1.29 is 14.3 Å². The Labute approximate surface area is 166 Å². The van der Waals surface area contributed by atoms with Crippen LogP contribution in [0.3, 0.4) is 0 Å². The van der Waals surface area contributed by atoms with Gasteiger partial charge in [0.1, 0.15) is 17.6 Å². The molecule has 0 fully saturated rings. The molecular formula is C20H18N4O3S. The highest BCUT2D eigenvalue weighted by molar-refractivity contribution is 7.71. The lowest BCUT2D eigenvalue weighted by Gasteiger charge is -2.11. The zero-order chi connectivity index (χ0) is 19.7. The molecule has 1 atom stereocenters. The van der Waals surface area contributed by atoms with Crippen molar-refractivity contribution in [3.63, 3.8) is 0 Å². The van der Waals surface area contributed by atoms with Gasteiger partial charge >= 0.3 is 0 Å². The summed E-state index contributed by atoms with van der Waals surface area (Å²) in [7, 11) is 1.58. The van der Waals surface area contributed by atoms with Gasteiger partial charge in [-0.2, -0.15) is 0 Å². The number of nitrogens with one attached hydrogen (secondary N) is 2. The molecule has 2 heterocycles. The molecule has 28 heavy (non-hydrogen) atoms. The number of nitrogens with zero attached hydrogens (tertiary/aromatic N) is 2. The summed E-state index contributed by atoms with van der Waals surface area (Å²) in [6.07, 6.45) is -0.00123. The largest absolute Gasteiger partial charge is 0.496 e. The van der Waals surface area contributed by atoms with Crippen molar-refractivity contribution in [3.8, 4) is 5.75 Å². The van der Waals surface area contributed by atoms with Gasteiger partial charge in [0.25, 0.3) is 5.91 Å². The van der Waals surface area contributed by atoms with Crippen LogP contribution in [-0.4, -0.2) is 34.5 Å². The summed E-state index contributed by atoms with van der Waals surface area (Å²) >= 11 is 5.27. The first kappa shape index (κ1) is 18.1. The number of amides is 1. The van der Waals surface area contributed by atoms with Crippen LogP contribution in [0.5, 0.6) is 5.75 Å². The number of methoxy groups -OCH3 is 1. The average molecular weight is 394 g/mol.